The second-order valence-electron chi connectivity index (χ2n) is 6.65. The van der Waals surface area contributed by atoms with Gasteiger partial charge in [-0.2, -0.15) is 0 Å². The molecule has 1 aliphatic rings. The topological polar surface area (TPSA) is 68.3 Å². The second kappa shape index (κ2) is 7.64. The van der Waals surface area contributed by atoms with Crippen LogP contribution in [0.4, 0.5) is 0 Å². The van der Waals surface area contributed by atoms with E-state index in [1.54, 1.807) is 20.0 Å². The third-order valence-corrected chi connectivity index (χ3v) is 6.50. The van der Waals surface area contributed by atoms with E-state index in [9.17, 15) is 8.42 Å². The van der Waals surface area contributed by atoms with Crippen molar-refractivity contribution < 1.29 is 13.2 Å². The summed E-state index contributed by atoms with van der Waals surface area (Å²) in [5.41, 5.74) is 3.24. The van der Waals surface area contributed by atoms with E-state index in [1.807, 2.05) is 18.3 Å². The predicted molar refractivity (Wildman–Crippen MR) is 98.8 cm³/mol. The van der Waals surface area contributed by atoms with Crippen molar-refractivity contribution in [1.82, 2.24) is 9.71 Å². The Morgan fingerprint density at radius 2 is 1.92 bits per heavy atom. The van der Waals surface area contributed by atoms with E-state index in [0.29, 0.717) is 19.6 Å². The van der Waals surface area contributed by atoms with Gasteiger partial charge in [0.05, 0.1) is 11.9 Å². The molecule has 25 heavy (non-hydrogen) atoms. The molecular formula is C19H24N2O3S. The van der Waals surface area contributed by atoms with Crippen LogP contribution in [0.3, 0.4) is 0 Å². The van der Waals surface area contributed by atoms with Gasteiger partial charge in [-0.1, -0.05) is 30.3 Å². The highest BCUT2D eigenvalue weighted by Crippen LogP contribution is 2.29. The monoisotopic (exact) mass is 360 g/mol. The molecule has 1 aromatic carbocycles. The summed E-state index contributed by atoms with van der Waals surface area (Å²) >= 11 is 0. The van der Waals surface area contributed by atoms with Gasteiger partial charge in [0.15, 0.2) is 0 Å². The van der Waals surface area contributed by atoms with Crippen molar-refractivity contribution in [2.75, 3.05) is 13.2 Å². The highest BCUT2D eigenvalue weighted by atomic mass is 32.2. The quantitative estimate of drug-likeness (QED) is 0.890. The lowest BCUT2D eigenvalue weighted by Crippen LogP contribution is -2.46. The Balaban J connectivity index is 1.81. The van der Waals surface area contributed by atoms with Gasteiger partial charge < -0.3 is 4.74 Å². The summed E-state index contributed by atoms with van der Waals surface area (Å²) in [5, 5.41) is -0.441. The van der Waals surface area contributed by atoms with Crippen LogP contribution < -0.4 is 4.72 Å². The Hall–Kier alpha value is -1.76. The Kier molecular flexibility index (Phi) is 5.51. The molecule has 2 atom stereocenters. The summed E-state index contributed by atoms with van der Waals surface area (Å²) < 4.78 is 33.0. The van der Waals surface area contributed by atoms with Crippen molar-refractivity contribution in [2.24, 2.45) is 0 Å². The van der Waals surface area contributed by atoms with Gasteiger partial charge in [0.2, 0.25) is 10.0 Å². The van der Waals surface area contributed by atoms with Crippen molar-refractivity contribution in [1.29, 1.82) is 0 Å². The van der Waals surface area contributed by atoms with Crippen LogP contribution >= 0.6 is 0 Å². The van der Waals surface area contributed by atoms with Crippen LogP contribution in [0.2, 0.25) is 0 Å². The molecule has 0 unspecified atom stereocenters. The molecule has 2 heterocycles. The first-order chi connectivity index (χ1) is 12.0. The minimum Gasteiger partial charge on any atom is -0.381 e. The number of sulfonamides is 1. The van der Waals surface area contributed by atoms with Crippen molar-refractivity contribution >= 4 is 10.0 Å². The highest BCUT2D eigenvalue weighted by Gasteiger charge is 2.31. The minimum absolute atomic E-state index is 0.0187. The molecule has 0 amide bonds. The van der Waals surface area contributed by atoms with E-state index in [0.717, 1.165) is 16.7 Å². The minimum atomic E-state index is -3.30. The van der Waals surface area contributed by atoms with E-state index in [-0.39, 0.29) is 12.0 Å². The molecule has 0 aliphatic carbocycles. The standard InChI is InChI=1S/C19H24N2O3S/c1-14(2)25(22,23)21-19-9-11-24-13-18(19)16-7-5-15(6-8-16)17-4-3-10-20-12-17/h3-8,10,12,14,18-19,21H,9,11,13H2,1-2H3/t18-,19-/m1/s1. The van der Waals surface area contributed by atoms with Gasteiger partial charge in [0, 0.05) is 31.0 Å². The van der Waals surface area contributed by atoms with Gasteiger partial charge in [-0.25, -0.2) is 13.1 Å². The number of ether oxygens (including phenoxy) is 1. The number of nitrogens with zero attached hydrogens (tertiary/aromatic N) is 1. The zero-order chi connectivity index (χ0) is 17.9. The Morgan fingerprint density at radius 1 is 1.16 bits per heavy atom. The van der Waals surface area contributed by atoms with E-state index < -0.39 is 15.3 Å². The first-order valence-corrected chi connectivity index (χ1v) is 10.1. The average Bonchev–Trinajstić information content (AvgIpc) is 2.63. The van der Waals surface area contributed by atoms with Crippen molar-refractivity contribution in [3.8, 4) is 11.1 Å². The summed E-state index contributed by atoms with van der Waals surface area (Å²) in [6, 6.07) is 12.0. The van der Waals surface area contributed by atoms with Gasteiger partial charge >= 0.3 is 0 Å². The number of hydrogen-bond acceptors (Lipinski definition) is 4. The molecule has 0 radical (unpaired) electrons. The van der Waals surface area contributed by atoms with E-state index in [4.69, 9.17) is 4.74 Å². The molecule has 6 heteroatoms. The SMILES string of the molecule is CC(C)S(=O)(=O)N[C@@H]1CCOC[C@@H]1c1ccc(-c2cccnc2)cc1. The van der Waals surface area contributed by atoms with Crippen LogP contribution in [0.1, 0.15) is 31.7 Å². The first kappa shape index (κ1) is 18.0. The summed E-state index contributed by atoms with van der Waals surface area (Å²) in [6.07, 6.45) is 4.27. The van der Waals surface area contributed by atoms with Gasteiger partial charge in [0.25, 0.3) is 0 Å². The lowest BCUT2D eigenvalue weighted by molar-refractivity contribution is 0.0653. The van der Waals surface area contributed by atoms with Crippen LogP contribution in [0.5, 0.6) is 0 Å². The molecule has 3 rings (SSSR count). The third kappa shape index (κ3) is 4.26. The van der Waals surface area contributed by atoms with Crippen LogP contribution in [-0.2, 0) is 14.8 Å². The molecule has 0 spiro atoms. The normalized spacial score (nSPS) is 21.4. The van der Waals surface area contributed by atoms with E-state index in [2.05, 4.69) is 34.0 Å². The predicted octanol–water partition coefficient (Wildman–Crippen LogP) is 2.95. The first-order valence-electron chi connectivity index (χ1n) is 8.56. The van der Waals surface area contributed by atoms with Crippen LogP contribution in [-0.4, -0.2) is 37.9 Å². The van der Waals surface area contributed by atoms with Crippen LogP contribution in [0.25, 0.3) is 11.1 Å². The molecule has 5 nitrogen and oxygen atoms in total. The highest BCUT2D eigenvalue weighted by molar-refractivity contribution is 7.90. The molecule has 1 N–H and O–H groups in total. The van der Waals surface area contributed by atoms with E-state index >= 15 is 0 Å². The average molecular weight is 360 g/mol. The smallest absolute Gasteiger partial charge is 0.214 e. The molecule has 1 aromatic heterocycles. The molecule has 1 saturated heterocycles. The summed E-state index contributed by atoms with van der Waals surface area (Å²) in [4.78, 5) is 4.15. The fourth-order valence-corrected chi connectivity index (χ4v) is 3.99. The van der Waals surface area contributed by atoms with Crippen molar-refractivity contribution in [3.05, 3.63) is 54.4 Å². The van der Waals surface area contributed by atoms with Gasteiger partial charge in [0.1, 0.15) is 0 Å². The largest absolute Gasteiger partial charge is 0.381 e. The third-order valence-electron chi connectivity index (χ3n) is 4.63. The number of pyridine rings is 1. The summed E-state index contributed by atoms with van der Waals surface area (Å²) in [5.74, 6) is 0.0187. The molecule has 0 saturated carbocycles. The second-order valence-corrected chi connectivity index (χ2v) is 8.92. The maximum absolute atomic E-state index is 12.3. The van der Waals surface area contributed by atoms with Gasteiger partial charge in [-0.15, -0.1) is 0 Å². The molecule has 1 aliphatic heterocycles. The molecular weight excluding hydrogens is 336 g/mol. The molecule has 0 bridgehead atoms. The Bertz CT molecular complexity index is 789. The lowest BCUT2D eigenvalue weighted by atomic mass is 9.88. The maximum Gasteiger partial charge on any atom is 0.214 e. The molecule has 2 aromatic rings. The molecule has 134 valence electrons. The maximum atomic E-state index is 12.3. The van der Waals surface area contributed by atoms with Crippen LogP contribution in [0.15, 0.2) is 48.8 Å². The Morgan fingerprint density at radius 3 is 2.56 bits per heavy atom. The fourth-order valence-electron chi connectivity index (χ4n) is 3.01. The fraction of sp³-hybridized carbons (Fsp3) is 0.421. The number of nitrogens with one attached hydrogen (secondary N) is 1. The lowest BCUT2D eigenvalue weighted by Gasteiger charge is -2.33. The van der Waals surface area contributed by atoms with Crippen molar-refractivity contribution in [3.63, 3.8) is 0 Å². The zero-order valence-electron chi connectivity index (χ0n) is 14.6. The number of rotatable bonds is 5. The summed E-state index contributed by atoms with van der Waals surface area (Å²) in [7, 11) is -3.30. The summed E-state index contributed by atoms with van der Waals surface area (Å²) in [6.45, 7) is 4.49. The number of hydrogen-bond donors (Lipinski definition) is 1. The zero-order valence-corrected chi connectivity index (χ0v) is 15.4. The van der Waals surface area contributed by atoms with Crippen LogP contribution in [0, 0.1) is 0 Å². The van der Waals surface area contributed by atoms with Gasteiger partial charge in [-0.05, 0) is 43.0 Å². The van der Waals surface area contributed by atoms with Crippen molar-refractivity contribution in [2.45, 2.75) is 37.5 Å². The van der Waals surface area contributed by atoms with E-state index in [1.165, 1.54) is 0 Å². The Labute approximate surface area is 149 Å². The number of benzene rings is 1. The van der Waals surface area contributed by atoms with Gasteiger partial charge in [-0.3, -0.25) is 4.98 Å². The number of aromatic nitrogens is 1. The molecule has 1 fully saturated rings.